The highest BCUT2D eigenvalue weighted by Gasteiger charge is 2.07. The summed E-state index contributed by atoms with van der Waals surface area (Å²) in [7, 11) is 1.86. The van der Waals surface area contributed by atoms with Crippen LogP contribution in [0.5, 0.6) is 0 Å². The maximum Gasteiger partial charge on any atom is 0.214 e. The highest BCUT2D eigenvalue weighted by atomic mass is 15.5. The van der Waals surface area contributed by atoms with E-state index in [2.05, 4.69) is 20.4 Å². The Morgan fingerprint density at radius 3 is 3.13 bits per heavy atom. The van der Waals surface area contributed by atoms with Crippen LogP contribution in [-0.4, -0.2) is 42.3 Å². The average Bonchev–Trinajstić information content (AvgIpc) is 2.81. The first-order valence-corrected chi connectivity index (χ1v) is 4.83. The molecule has 0 saturated heterocycles. The second-order valence-corrected chi connectivity index (χ2v) is 3.15. The van der Waals surface area contributed by atoms with Crippen LogP contribution in [0.25, 0.3) is 0 Å². The zero-order valence-electron chi connectivity index (χ0n) is 8.59. The highest BCUT2D eigenvalue weighted by Crippen LogP contribution is 1.94. The van der Waals surface area contributed by atoms with Gasteiger partial charge < -0.3 is 5.32 Å². The smallest absolute Gasteiger partial charge is 0.214 e. The van der Waals surface area contributed by atoms with Crippen molar-refractivity contribution < 1.29 is 0 Å². The van der Waals surface area contributed by atoms with Crippen LogP contribution >= 0.6 is 0 Å². The Morgan fingerprint density at radius 2 is 2.47 bits per heavy atom. The monoisotopic (exact) mass is 203 g/mol. The summed E-state index contributed by atoms with van der Waals surface area (Å²) in [6.45, 7) is 1.71. The van der Waals surface area contributed by atoms with Crippen LogP contribution in [0.4, 0.5) is 0 Å². The van der Waals surface area contributed by atoms with Crippen LogP contribution in [0.15, 0.2) is 34.5 Å². The van der Waals surface area contributed by atoms with E-state index in [0.29, 0.717) is 0 Å². The number of nitrogens with one attached hydrogen (secondary N) is 1. The molecule has 0 aliphatic carbocycles. The number of aromatic nitrogens is 1. The summed E-state index contributed by atoms with van der Waals surface area (Å²) in [5, 5.41) is 9.07. The van der Waals surface area contributed by atoms with Crippen LogP contribution in [-0.2, 0) is 0 Å². The molecule has 0 amide bonds. The van der Waals surface area contributed by atoms with Crippen molar-refractivity contribution in [1.82, 2.24) is 15.3 Å². The molecule has 1 aromatic heterocycles. The largest absolute Gasteiger partial charge is 0.353 e. The summed E-state index contributed by atoms with van der Waals surface area (Å²) in [6.07, 6.45) is 3.45. The van der Waals surface area contributed by atoms with Crippen LogP contribution in [0.1, 0.15) is 5.69 Å². The summed E-state index contributed by atoms with van der Waals surface area (Å²) in [4.78, 5) is 8.39. The van der Waals surface area contributed by atoms with Crippen LogP contribution in [0.2, 0.25) is 0 Å². The summed E-state index contributed by atoms with van der Waals surface area (Å²) in [5.41, 5.74) is 0.836. The van der Waals surface area contributed by atoms with Gasteiger partial charge in [0.05, 0.1) is 18.5 Å². The van der Waals surface area contributed by atoms with Crippen molar-refractivity contribution in [3.63, 3.8) is 0 Å². The van der Waals surface area contributed by atoms with Gasteiger partial charge in [-0.05, 0) is 12.1 Å². The highest BCUT2D eigenvalue weighted by molar-refractivity contribution is 5.83. The van der Waals surface area contributed by atoms with E-state index < -0.39 is 0 Å². The molecule has 2 heterocycles. The van der Waals surface area contributed by atoms with Crippen molar-refractivity contribution in [3.8, 4) is 0 Å². The fourth-order valence-electron chi connectivity index (χ4n) is 1.25. The number of rotatable bonds is 2. The first-order valence-electron chi connectivity index (χ1n) is 4.83. The van der Waals surface area contributed by atoms with Crippen molar-refractivity contribution in [1.29, 1.82) is 0 Å². The first-order chi connectivity index (χ1) is 7.36. The number of guanidine groups is 1. The fourth-order valence-corrected chi connectivity index (χ4v) is 1.25. The number of hydrogen-bond donors (Lipinski definition) is 1. The molecule has 1 aliphatic heterocycles. The summed E-state index contributed by atoms with van der Waals surface area (Å²) in [6, 6.07) is 5.71. The molecule has 78 valence electrons. The van der Waals surface area contributed by atoms with Gasteiger partial charge in [0, 0.05) is 19.8 Å². The molecule has 5 heteroatoms. The second kappa shape index (κ2) is 4.54. The molecular formula is C10H13N5. The van der Waals surface area contributed by atoms with Gasteiger partial charge in [0.2, 0.25) is 5.96 Å². The molecule has 5 nitrogen and oxygen atoms in total. The van der Waals surface area contributed by atoms with E-state index in [1.807, 2.05) is 25.2 Å². The van der Waals surface area contributed by atoms with E-state index >= 15 is 0 Å². The van der Waals surface area contributed by atoms with Crippen molar-refractivity contribution in [2.45, 2.75) is 0 Å². The third kappa shape index (κ3) is 2.52. The van der Waals surface area contributed by atoms with Gasteiger partial charge in [-0.2, -0.15) is 5.10 Å². The number of hydrazone groups is 1. The van der Waals surface area contributed by atoms with Gasteiger partial charge in [-0.1, -0.05) is 6.07 Å². The van der Waals surface area contributed by atoms with Gasteiger partial charge in [-0.25, -0.2) is 10.0 Å². The molecule has 0 fully saturated rings. The Morgan fingerprint density at radius 1 is 1.53 bits per heavy atom. The zero-order valence-corrected chi connectivity index (χ0v) is 8.59. The number of hydrogen-bond acceptors (Lipinski definition) is 5. The lowest BCUT2D eigenvalue weighted by atomic mass is 10.4. The zero-order chi connectivity index (χ0) is 10.5. The summed E-state index contributed by atoms with van der Waals surface area (Å²) < 4.78 is 0. The van der Waals surface area contributed by atoms with Crippen LogP contribution in [0.3, 0.4) is 0 Å². The molecule has 2 rings (SSSR count). The normalized spacial score (nSPS) is 15.1. The molecule has 0 radical (unpaired) electrons. The SMILES string of the molecule is CN(/N=C/c1ccccn1)C1=NCCN1. The Hall–Kier alpha value is -1.91. The number of pyridine rings is 1. The van der Waals surface area contributed by atoms with Crippen LogP contribution < -0.4 is 5.32 Å². The van der Waals surface area contributed by atoms with Crippen molar-refractivity contribution in [3.05, 3.63) is 30.1 Å². The minimum Gasteiger partial charge on any atom is -0.353 e. The van der Waals surface area contributed by atoms with E-state index in [9.17, 15) is 0 Å². The molecule has 1 aliphatic rings. The maximum absolute atomic E-state index is 4.25. The van der Waals surface area contributed by atoms with Gasteiger partial charge >= 0.3 is 0 Å². The first kappa shape index (κ1) is 9.64. The van der Waals surface area contributed by atoms with Gasteiger partial charge in [0.15, 0.2) is 0 Å². The quantitative estimate of drug-likeness (QED) is 0.556. The third-order valence-corrected chi connectivity index (χ3v) is 2.01. The van der Waals surface area contributed by atoms with Crippen LogP contribution in [0, 0.1) is 0 Å². The van der Waals surface area contributed by atoms with E-state index in [4.69, 9.17) is 0 Å². The second-order valence-electron chi connectivity index (χ2n) is 3.15. The minimum absolute atomic E-state index is 0.808. The lowest BCUT2D eigenvalue weighted by molar-refractivity contribution is 0.530. The number of aliphatic imine (C=N–C) groups is 1. The molecule has 0 aromatic carbocycles. The molecule has 0 unspecified atom stereocenters. The average molecular weight is 203 g/mol. The minimum atomic E-state index is 0.808. The molecule has 0 saturated carbocycles. The van der Waals surface area contributed by atoms with Crippen molar-refractivity contribution >= 4 is 12.2 Å². The van der Waals surface area contributed by atoms with E-state index in [0.717, 1.165) is 24.7 Å². The Labute approximate surface area is 88.5 Å². The molecular weight excluding hydrogens is 190 g/mol. The number of nitrogens with zero attached hydrogens (tertiary/aromatic N) is 4. The Bertz CT molecular complexity index is 371. The van der Waals surface area contributed by atoms with Gasteiger partial charge in [0.25, 0.3) is 0 Å². The molecule has 0 bridgehead atoms. The van der Waals surface area contributed by atoms with Gasteiger partial charge in [0.1, 0.15) is 0 Å². The predicted molar refractivity (Wildman–Crippen MR) is 59.9 cm³/mol. The molecule has 0 atom stereocenters. The van der Waals surface area contributed by atoms with Gasteiger partial charge in [-0.15, -0.1) is 0 Å². The lowest BCUT2D eigenvalue weighted by Gasteiger charge is -2.11. The fraction of sp³-hybridized carbons (Fsp3) is 0.300. The van der Waals surface area contributed by atoms with Crippen molar-refractivity contribution in [2.24, 2.45) is 10.1 Å². The lowest BCUT2D eigenvalue weighted by Crippen LogP contribution is -2.32. The molecule has 0 spiro atoms. The van der Waals surface area contributed by atoms with E-state index in [1.54, 1.807) is 17.4 Å². The molecule has 1 aromatic rings. The summed E-state index contributed by atoms with van der Waals surface area (Å²) >= 11 is 0. The standard InChI is InChI=1S/C10H13N5/c1-15(10-12-6-7-13-10)14-8-9-4-2-3-5-11-9/h2-5,8H,6-7H2,1H3,(H,12,13)/b14-8+. The Balaban J connectivity index is 1.99. The predicted octanol–water partition coefficient (Wildman–Crippen LogP) is 0.306. The Kier molecular flexibility index (Phi) is 2.92. The van der Waals surface area contributed by atoms with Gasteiger partial charge in [-0.3, -0.25) is 4.98 Å². The summed E-state index contributed by atoms with van der Waals surface area (Å²) in [5.74, 6) is 0.808. The van der Waals surface area contributed by atoms with E-state index in [1.165, 1.54) is 0 Å². The maximum atomic E-state index is 4.25. The topological polar surface area (TPSA) is 52.9 Å². The third-order valence-electron chi connectivity index (χ3n) is 2.01. The molecule has 1 N–H and O–H groups in total. The van der Waals surface area contributed by atoms with E-state index in [-0.39, 0.29) is 0 Å². The van der Waals surface area contributed by atoms with Crippen molar-refractivity contribution in [2.75, 3.05) is 20.1 Å². The molecule has 15 heavy (non-hydrogen) atoms.